The summed E-state index contributed by atoms with van der Waals surface area (Å²) < 4.78 is 87.6. The van der Waals surface area contributed by atoms with Crippen LogP contribution in [0.3, 0.4) is 0 Å². The highest BCUT2D eigenvalue weighted by Crippen LogP contribution is 2.38. The second-order valence-electron chi connectivity index (χ2n) is 5.54. The van der Waals surface area contributed by atoms with Crippen LogP contribution in [0.25, 0.3) is 11.1 Å². The highest BCUT2D eigenvalue weighted by Gasteiger charge is 2.41. The predicted octanol–water partition coefficient (Wildman–Crippen LogP) is 5.74. The van der Waals surface area contributed by atoms with Crippen molar-refractivity contribution in [2.75, 3.05) is 0 Å². The third-order valence-electron chi connectivity index (χ3n) is 3.68. The van der Waals surface area contributed by atoms with Gasteiger partial charge in [-0.25, -0.2) is 17.6 Å². The molecule has 140 valence electrons. The molecule has 0 fully saturated rings. The molecule has 0 heterocycles. The highest BCUT2D eigenvalue weighted by atomic mass is 19.3. The molecule has 0 saturated heterocycles. The summed E-state index contributed by atoms with van der Waals surface area (Å²) in [4.78, 5) is 0. The van der Waals surface area contributed by atoms with Gasteiger partial charge in [-0.2, -0.15) is 8.78 Å². The van der Waals surface area contributed by atoms with Crippen molar-refractivity contribution >= 4 is 0 Å². The summed E-state index contributed by atoms with van der Waals surface area (Å²) in [6.45, 7) is 0. The zero-order valence-electron chi connectivity index (χ0n) is 13.3. The van der Waals surface area contributed by atoms with Crippen LogP contribution in [0.15, 0.2) is 54.6 Å². The minimum Gasteiger partial charge on any atom is -0.503 e. The first kappa shape index (κ1) is 18.6. The van der Waals surface area contributed by atoms with Gasteiger partial charge in [0.05, 0.1) is 0 Å². The van der Waals surface area contributed by atoms with Gasteiger partial charge in [-0.05, 0) is 23.3 Å². The van der Waals surface area contributed by atoms with E-state index in [1.165, 1.54) is 12.1 Å². The van der Waals surface area contributed by atoms with Gasteiger partial charge in [-0.15, -0.1) is 0 Å². The van der Waals surface area contributed by atoms with Gasteiger partial charge in [-0.3, -0.25) is 0 Å². The van der Waals surface area contributed by atoms with Crippen LogP contribution in [0.2, 0.25) is 0 Å². The molecule has 0 aliphatic rings. The van der Waals surface area contributed by atoms with E-state index in [-0.39, 0.29) is 17.7 Å². The summed E-state index contributed by atoms with van der Waals surface area (Å²) in [6, 6.07) is 9.86. The zero-order valence-corrected chi connectivity index (χ0v) is 13.3. The van der Waals surface area contributed by atoms with E-state index in [4.69, 9.17) is 5.11 Å². The largest absolute Gasteiger partial charge is 0.503 e. The first-order chi connectivity index (χ1) is 12.7. The Morgan fingerprint density at radius 1 is 0.704 bits per heavy atom. The molecule has 0 bridgehead atoms. The summed E-state index contributed by atoms with van der Waals surface area (Å²) in [7, 11) is 0. The molecule has 0 atom stereocenters. The normalized spacial score (nSPS) is 11.5. The molecular formula is C19H10F6O2. The smallest absolute Gasteiger partial charge is 0.432 e. The molecule has 0 radical (unpaired) electrons. The summed E-state index contributed by atoms with van der Waals surface area (Å²) in [6.07, 6.45) is -4.57. The summed E-state index contributed by atoms with van der Waals surface area (Å²) >= 11 is 0. The number of aromatic hydroxyl groups is 1. The second kappa shape index (κ2) is 6.86. The number of alkyl halides is 2. The molecule has 3 rings (SSSR count). The Balaban J connectivity index is 1.99. The van der Waals surface area contributed by atoms with Gasteiger partial charge < -0.3 is 9.84 Å². The Morgan fingerprint density at radius 2 is 1.22 bits per heavy atom. The lowest BCUT2D eigenvalue weighted by Crippen LogP contribution is -2.25. The lowest BCUT2D eigenvalue weighted by atomic mass is 10.0. The number of benzene rings is 3. The van der Waals surface area contributed by atoms with E-state index in [0.717, 1.165) is 0 Å². The fraction of sp³-hybridized carbons (Fsp3) is 0.0526. The van der Waals surface area contributed by atoms with Crippen molar-refractivity contribution in [2.45, 2.75) is 6.11 Å². The summed E-state index contributed by atoms with van der Waals surface area (Å²) in [5.74, 6) is -8.78. The van der Waals surface area contributed by atoms with Crippen molar-refractivity contribution in [2.24, 2.45) is 0 Å². The van der Waals surface area contributed by atoms with Crippen molar-refractivity contribution in [1.82, 2.24) is 0 Å². The van der Waals surface area contributed by atoms with Crippen LogP contribution in [0.5, 0.6) is 11.5 Å². The lowest BCUT2D eigenvalue weighted by Gasteiger charge is -2.20. The first-order valence-electron chi connectivity index (χ1n) is 7.49. The Kier molecular flexibility index (Phi) is 4.73. The Hall–Kier alpha value is -3.16. The predicted molar refractivity (Wildman–Crippen MR) is 84.3 cm³/mol. The minimum absolute atomic E-state index is 0.0203. The molecule has 1 N–H and O–H groups in total. The SMILES string of the molecule is Oc1c(F)cc(OC(F)(F)c2c(F)cc(-c3ccccc3)cc2F)cc1F. The number of hydrogen-bond donors (Lipinski definition) is 1. The number of phenols is 1. The molecule has 0 spiro atoms. The van der Waals surface area contributed by atoms with Gasteiger partial charge in [0, 0.05) is 12.1 Å². The molecule has 27 heavy (non-hydrogen) atoms. The quantitative estimate of drug-likeness (QED) is 0.581. The van der Waals surface area contributed by atoms with E-state index >= 15 is 0 Å². The van der Waals surface area contributed by atoms with E-state index in [1.807, 2.05) is 0 Å². The van der Waals surface area contributed by atoms with E-state index in [9.17, 15) is 26.3 Å². The molecular weight excluding hydrogens is 374 g/mol. The molecule has 3 aromatic carbocycles. The number of phenolic OH excluding ortho intramolecular Hbond substituents is 1. The maximum Gasteiger partial charge on any atom is 0.432 e. The van der Waals surface area contributed by atoms with Crippen LogP contribution in [-0.2, 0) is 6.11 Å². The molecule has 3 aromatic rings. The van der Waals surface area contributed by atoms with Crippen LogP contribution in [0.1, 0.15) is 5.56 Å². The maximum absolute atomic E-state index is 14.3. The highest BCUT2D eigenvalue weighted by molar-refractivity contribution is 5.64. The van der Waals surface area contributed by atoms with Crippen LogP contribution in [-0.4, -0.2) is 5.11 Å². The topological polar surface area (TPSA) is 29.5 Å². The molecule has 0 unspecified atom stereocenters. The van der Waals surface area contributed by atoms with Gasteiger partial charge in [0.1, 0.15) is 22.9 Å². The average molecular weight is 384 g/mol. The number of halogens is 6. The van der Waals surface area contributed by atoms with Gasteiger partial charge in [0.15, 0.2) is 17.4 Å². The van der Waals surface area contributed by atoms with Crippen molar-refractivity contribution in [3.63, 3.8) is 0 Å². The van der Waals surface area contributed by atoms with Crippen molar-refractivity contribution in [3.8, 4) is 22.6 Å². The Labute approximate surface area is 149 Å². The Bertz CT molecular complexity index is 943. The first-order valence-corrected chi connectivity index (χ1v) is 7.49. The van der Waals surface area contributed by atoms with Gasteiger partial charge >= 0.3 is 6.11 Å². The number of hydrogen-bond acceptors (Lipinski definition) is 2. The zero-order chi connectivity index (χ0) is 19.8. The van der Waals surface area contributed by atoms with Crippen LogP contribution < -0.4 is 4.74 Å². The summed E-state index contributed by atoms with van der Waals surface area (Å²) in [5.41, 5.74) is -1.29. The maximum atomic E-state index is 14.3. The number of rotatable bonds is 4. The third kappa shape index (κ3) is 3.69. The van der Waals surface area contributed by atoms with Crippen molar-refractivity contribution in [1.29, 1.82) is 0 Å². The fourth-order valence-electron chi connectivity index (χ4n) is 2.45. The third-order valence-corrected chi connectivity index (χ3v) is 3.68. The van der Waals surface area contributed by atoms with Gasteiger partial charge in [-0.1, -0.05) is 30.3 Å². The van der Waals surface area contributed by atoms with E-state index in [1.54, 1.807) is 18.2 Å². The standard InChI is InChI=1S/C19H10F6O2/c20-13-6-11(10-4-2-1-3-5-10)7-14(21)17(13)19(24,25)27-12-8-15(22)18(26)16(23)9-12/h1-9,26H. The van der Waals surface area contributed by atoms with Crippen molar-refractivity contribution in [3.05, 3.63) is 83.4 Å². The monoisotopic (exact) mass is 384 g/mol. The van der Waals surface area contributed by atoms with Gasteiger partial charge in [0.2, 0.25) is 0 Å². The van der Waals surface area contributed by atoms with E-state index < -0.39 is 46.4 Å². The molecule has 0 aliphatic carbocycles. The Morgan fingerprint density at radius 3 is 1.74 bits per heavy atom. The second-order valence-corrected chi connectivity index (χ2v) is 5.54. The molecule has 0 saturated carbocycles. The van der Waals surface area contributed by atoms with Crippen LogP contribution in [0.4, 0.5) is 26.3 Å². The molecule has 0 aliphatic heterocycles. The van der Waals surface area contributed by atoms with Gasteiger partial charge in [0.25, 0.3) is 0 Å². The number of ether oxygens (including phenoxy) is 1. The molecule has 0 aromatic heterocycles. The van der Waals surface area contributed by atoms with Crippen LogP contribution >= 0.6 is 0 Å². The van der Waals surface area contributed by atoms with Crippen LogP contribution in [0, 0.1) is 23.3 Å². The molecule has 2 nitrogen and oxygen atoms in total. The molecule has 0 amide bonds. The lowest BCUT2D eigenvalue weighted by molar-refractivity contribution is -0.189. The van der Waals surface area contributed by atoms with E-state index in [0.29, 0.717) is 17.7 Å². The van der Waals surface area contributed by atoms with Crippen molar-refractivity contribution < 1.29 is 36.2 Å². The van der Waals surface area contributed by atoms with E-state index in [2.05, 4.69) is 4.74 Å². The summed E-state index contributed by atoms with van der Waals surface area (Å²) in [5, 5.41) is 8.96. The molecule has 8 heteroatoms. The minimum atomic E-state index is -4.57. The average Bonchev–Trinajstić information content (AvgIpc) is 2.59. The fourth-order valence-corrected chi connectivity index (χ4v) is 2.45.